The van der Waals surface area contributed by atoms with E-state index >= 15 is 0 Å². The number of aliphatic carboxylic acids is 1. The van der Waals surface area contributed by atoms with Gasteiger partial charge in [0.15, 0.2) is 0 Å². The monoisotopic (exact) mass is 321 g/mol. The molecule has 2 rings (SSSR count). The van der Waals surface area contributed by atoms with Crippen LogP contribution in [0.1, 0.15) is 42.6 Å². The zero-order valence-electron chi connectivity index (χ0n) is 13.1. The Balaban J connectivity index is 2.07. The highest BCUT2D eigenvalue weighted by Gasteiger charge is 2.32. The average Bonchev–Trinajstić information content (AvgIpc) is 2.53. The van der Waals surface area contributed by atoms with Crippen molar-refractivity contribution in [1.29, 1.82) is 0 Å². The molecule has 0 bridgehead atoms. The zero-order chi connectivity index (χ0) is 16.1. The Kier molecular flexibility index (Phi) is 5.89. The van der Waals surface area contributed by atoms with Crippen molar-refractivity contribution in [2.24, 2.45) is 5.92 Å². The molecular weight excluding hydrogens is 298 g/mol. The van der Waals surface area contributed by atoms with Crippen molar-refractivity contribution in [2.45, 2.75) is 38.5 Å². The molecule has 4 nitrogen and oxygen atoms in total. The third-order valence-corrected chi connectivity index (χ3v) is 5.11. The van der Waals surface area contributed by atoms with Crippen LogP contribution in [-0.4, -0.2) is 40.2 Å². The molecule has 1 aromatic rings. The van der Waals surface area contributed by atoms with Crippen LogP contribution in [0.2, 0.25) is 0 Å². The Bertz CT molecular complexity index is 529. The van der Waals surface area contributed by atoms with Crippen LogP contribution in [0.25, 0.3) is 0 Å². The summed E-state index contributed by atoms with van der Waals surface area (Å²) in [6.45, 7) is 4.42. The van der Waals surface area contributed by atoms with Gasteiger partial charge in [-0.3, -0.25) is 9.59 Å². The van der Waals surface area contributed by atoms with Gasteiger partial charge in [-0.1, -0.05) is 19.1 Å². The molecule has 1 aliphatic rings. The van der Waals surface area contributed by atoms with Crippen LogP contribution in [0.5, 0.6) is 0 Å². The van der Waals surface area contributed by atoms with E-state index in [-0.39, 0.29) is 11.9 Å². The van der Waals surface area contributed by atoms with Gasteiger partial charge in [0.05, 0.1) is 5.92 Å². The molecule has 1 N–H and O–H groups in total. The van der Waals surface area contributed by atoms with E-state index in [0.717, 1.165) is 17.9 Å². The predicted octanol–water partition coefficient (Wildman–Crippen LogP) is 3.27. The number of benzene rings is 1. The first-order valence-corrected chi connectivity index (χ1v) is 8.88. The summed E-state index contributed by atoms with van der Waals surface area (Å²) < 4.78 is 0. The SMILES string of the molecule is CCSCc1ccc(C(=O)N2CC(C(=O)O)CCC2C)cc1. The molecule has 120 valence electrons. The fourth-order valence-electron chi connectivity index (χ4n) is 2.72. The molecule has 2 unspecified atom stereocenters. The van der Waals surface area contributed by atoms with Gasteiger partial charge in [0, 0.05) is 23.9 Å². The van der Waals surface area contributed by atoms with Crippen LogP contribution in [-0.2, 0) is 10.5 Å². The summed E-state index contributed by atoms with van der Waals surface area (Å²) in [5.41, 5.74) is 1.85. The third kappa shape index (κ3) is 4.03. The molecule has 1 fully saturated rings. The second-order valence-electron chi connectivity index (χ2n) is 5.75. The van der Waals surface area contributed by atoms with E-state index in [9.17, 15) is 14.7 Å². The molecule has 0 aromatic heterocycles. The lowest BCUT2D eigenvalue weighted by Crippen LogP contribution is -2.47. The standard InChI is InChI=1S/C17H23NO3S/c1-3-22-11-13-5-8-14(9-6-13)16(19)18-10-15(17(20)21)7-4-12(18)2/h5-6,8-9,12,15H,3-4,7,10-11H2,1-2H3,(H,20,21). The van der Waals surface area contributed by atoms with E-state index in [0.29, 0.717) is 18.5 Å². The van der Waals surface area contributed by atoms with Gasteiger partial charge in [-0.2, -0.15) is 11.8 Å². The number of carboxylic acids is 1. The molecule has 0 aliphatic carbocycles. The Hall–Kier alpha value is -1.49. The van der Waals surface area contributed by atoms with E-state index in [1.54, 1.807) is 4.90 Å². The van der Waals surface area contributed by atoms with Crippen LogP contribution < -0.4 is 0 Å². The lowest BCUT2D eigenvalue weighted by atomic mass is 9.93. The average molecular weight is 321 g/mol. The number of rotatable bonds is 5. The summed E-state index contributed by atoms with van der Waals surface area (Å²) in [6.07, 6.45) is 1.39. The van der Waals surface area contributed by atoms with Crippen molar-refractivity contribution in [2.75, 3.05) is 12.3 Å². The second kappa shape index (κ2) is 7.68. The molecular formula is C17H23NO3S. The first kappa shape index (κ1) is 16.9. The highest BCUT2D eigenvalue weighted by Crippen LogP contribution is 2.24. The summed E-state index contributed by atoms with van der Waals surface area (Å²) in [7, 11) is 0. The van der Waals surface area contributed by atoms with Gasteiger partial charge < -0.3 is 10.0 Å². The zero-order valence-corrected chi connectivity index (χ0v) is 13.9. The Morgan fingerprint density at radius 1 is 1.27 bits per heavy atom. The van der Waals surface area contributed by atoms with Crippen LogP contribution in [0.3, 0.4) is 0 Å². The van der Waals surface area contributed by atoms with E-state index in [4.69, 9.17) is 0 Å². The molecule has 22 heavy (non-hydrogen) atoms. The number of carbonyl (C=O) groups excluding carboxylic acids is 1. The smallest absolute Gasteiger partial charge is 0.308 e. The quantitative estimate of drug-likeness (QED) is 0.904. The Morgan fingerprint density at radius 3 is 2.55 bits per heavy atom. The van der Waals surface area contributed by atoms with Crippen LogP contribution in [0.4, 0.5) is 0 Å². The van der Waals surface area contributed by atoms with Crippen molar-refractivity contribution in [3.05, 3.63) is 35.4 Å². The Labute approximate surface area is 135 Å². The van der Waals surface area contributed by atoms with Gasteiger partial charge in [-0.25, -0.2) is 0 Å². The number of carboxylic acid groups (broad SMARTS) is 1. The normalized spacial score (nSPS) is 21.6. The van der Waals surface area contributed by atoms with E-state index in [1.807, 2.05) is 43.0 Å². The molecule has 0 saturated carbocycles. The van der Waals surface area contributed by atoms with E-state index < -0.39 is 11.9 Å². The van der Waals surface area contributed by atoms with Crippen LogP contribution in [0, 0.1) is 5.92 Å². The molecule has 1 aromatic carbocycles. The van der Waals surface area contributed by atoms with Gasteiger partial charge in [-0.05, 0) is 43.2 Å². The summed E-state index contributed by atoms with van der Waals surface area (Å²) in [5.74, 6) is 0.708. The van der Waals surface area contributed by atoms with Crippen molar-refractivity contribution < 1.29 is 14.7 Å². The van der Waals surface area contributed by atoms with Gasteiger partial charge in [-0.15, -0.1) is 0 Å². The molecule has 1 heterocycles. The number of likely N-dealkylation sites (tertiary alicyclic amines) is 1. The van der Waals surface area contributed by atoms with E-state index in [2.05, 4.69) is 6.92 Å². The van der Waals surface area contributed by atoms with Gasteiger partial charge in [0.1, 0.15) is 0 Å². The number of amides is 1. The number of carbonyl (C=O) groups is 2. The number of hydrogen-bond donors (Lipinski definition) is 1. The minimum Gasteiger partial charge on any atom is -0.481 e. The van der Waals surface area contributed by atoms with Crippen molar-refractivity contribution >= 4 is 23.6 Å². The number of piperidine rings is 1. The molecule has 5 heteroatoms. The lowest BCUT2D eigenvalue weighted by molar-refractivity contribution is -0.143. The largest absolute Gasteiger partial charge is 0.481 e. The third-order valence-electron chi connectivity index (χ3n) is 4.17. The number of thioether (sulfide) groups is 1. The Morgan fingerprint density at radius 2 is 1.95 bits per heavy atom. The molecule has 1 amide bonds. The predicted molar refractivity (Wildman–Crippen MR) is 89.1 cm³/mol. The first-order chi connectivity index (χ1) is 10.5. The fraction of sp³-hybridized carbons (Fsp3) is 0.529. The molecule has 1 aliphatic heterocycles. The summed E-state index contributed by atoms with van der Waals surface area (Å²) >= 11 is 1.85. The molecule has 0 radical (unpaired) electrons. The van der Waals surface area contributed by atoms with Gasteiger partial charge in [0.25, 0.3) is 5.91 Å². The maximum atomic E-state index is 12.6. The highest BCUT2D eigenvalue weighted by molar-refractivity contribution is 7.98. The van der Waals surface area contributed by atoms with Gasteiger partial charge >= 0.3 is 5.97 Å². The molecule has 2 atom stereocenters. The van der Waals surface area contributed by atoms with Gasteiger partial charge in [0.2, 0.25) is 0 Å². The second-order valence-corrected chi connectivity index (χ2v) is 7.03. The summed E-state index contributed by atoms with van der Waals surface area (Å²) in [5, 5.41) is 9.17. The lowest BCUT2D eigenvalue weighted by Gasteiger charge is -2.36. The maximum Gasteiger partial charge on any atom is 0.308 e. The van der Waals surface area contributed by atoms with Crippen molar-refractivity contribution in [1.82, 2.24) is 4.90 Å². The van der Waals surface area contributed by atoms with Crippen molar-refractivity contribution in [3.63, 3.8) is 0 Å². The van der Waals surface area contributed by atoms with Crippen LogP contribution >= 0.6 is 11.8 Å². The maximum absolute atomic E-state index is 12.6. The van der Waals surface area contributed by atoms with E-state index in [1.165, 1.54) is 5.56 Å². The molecule has 0 spiro atoms. The minimum absolute atomic E-state index is 0.0619. The number of nitrogens with zero attached hydrogens (tertiary/aromatic N) is 1. The number of hydrogen-bond acceptors (Lipinski definition) is 3. The molecule has 1 saturated heterocycles. The van der Waals surface area contributed by atoms with Crippen LogP contribution in [0.15, 0.2) is 24.3 Å². The fourth-order valence-corrected chi connectivity index (χ4v) is 3.35. The summed E-state index contributed by atoms with van der Waals surface area (Å²) in [4.78, 5) is 25.5. The minimum atomic E-state index is -0.809. The highest BCUT2D eigenvalue weighted by atomic mass is 32.2. The van der Waals surface area contributed by atoms with Crippen molar-refractivity contribution in [3.8, 4) is 0 Å². The topological polar surface area (TPSA) is 57.6 Å². The summed E-state index contributed by atoms with van der Waals surface area (Å²) in [6, 6.07) is 7.77. The first-order valence-electron chi connectivity index (χ1n) is 7.73.